The van der Waals surface area contributed by atoms with Gasteiger partial charge in [0.1, 0.15) is 17.3 Å². The molecular weight excluding hydrogens is 449 g/mol. The average molecular weight is 468 g/mol. The molecule has 4 rings (SSSR count). The van der Waals surface area contributed by atoms with Gasteiger partial charge in [-0.1, -0.05) is 30.3 Å². The van der Waals surface area contributed by atoms with E-state index in [1.54, 1.807) is 28.9 Å². The smallest absolute Gasteiger partial charge is 0.341 e. The first-order valence-corrected chi connectivity index (χ1v) is 10.2. The van der Waals surface area contributed by atoms with Crippen molar-refractivity contribution in [1.82, 2.24) is 9.78 Å². The molecule has 1 heterocycles. The van der Waals surface area contributed by atoms with E-state index >= 15 is 0 Å². The molecule has 0 aliphatic carbocycles. The van der Waals surface area contributed by atoms with Gasteiger partial charge in [0.05, 0.1) is 25.0 Å². The van der Waals surface area contributed by atoms with Crippen LogP contribution in [0.4, 0.5) is 13.2 Å². The van der Waals surface area contributed by atoms with Crippen molar-refractivity contribution in [2.24, 2.45) is 0 Å². The molecule has 0 bridgehead atoms. The molecule has 1 N–H and O–H groups in total. The Balaban J connectivity index is 1.86. The number of para-hydroxylation sites is 1. The van der Waals surface area contributed by atoms with Crippen molar-refractivity contribution >= 4 is 5.97 Å². The second-order valence-electron chi connectivity index (χ2n) is 7.34. The number of aromatic nitrogens is 2. The van der Waals surface area contributed by atoms with Crippen LogP contribution in [-0.2, 0) is 11.3 Å². The molecule has 0 unspecified atom stereocenters. The van der Waals surface area contributed by atoms with E-state index in [0.29, 0.717) is 17.0 Å². The van der Waals surface area contributed by atoms with E-state index in [0.717, 1.165) is 17.7 Å². The molecular formula is C25H19F3N2O4. The molecule has 3 aromatic carbocycles. The molecule has 0 aliphatic heterocycles. The number of benzene rings is 3. The third-order valence-electron chi connectivity index (χ3n) is 5.06. The molecule has 34 heavy (non-hydrogen) atoms. The summed E-state index contributed by atoms with van der Waals surface area (Å²) in [6.07, 6.45) is 0. The first-order valence-electron chi connectivity index (χ1n) is 10.2. The Bertz CT molecular complexity index is 1350. The number of nitrogens with zero attached hydrogens (tertiary/aromatic N) is 2. The van der Waals surface area contributed by atoms with Gasteiger partial charge in [-0.25, -0.2) is 18.0 Å². The van der Waals surface area contributed by atoms with Gasteiger partial charge in [-0.15, -0.1) is 0 Å². The van der Waals surface area contributed by atoms with Crippen LogP contribution in [0.25, 0.3) is 22.5 Å². The number of hydrogen-bond acceptors (Lipinski definition) is 4. The summed E-state index contributed by atoms with van der Waals surface area (Å²) in [6, 6.07) is 16.4. The molecule has 0 atom stereocenters. The van der Waals surface area contributed by atoms with Crippen LogP contribution in [0.3, 0.4) is 0 Å². The minimum absolute atomic E-state index is 0.0524. The first-order chi connectivity index (χ1) is 16.4. The molecule has 6 nitrogen and oxygen atoms in total. The van der Waals surface area contributed by atoms with Gasteiger partial charge in [-0.2, -0.15) is 5.10 Å². The van der Waals surface area contributed by atoms with Gasteiger partial charge < -0.3 is 14.6 Å². The van der Waals surface area contributed by atoms with Crippen molar-refractivity contribution in [1.29, 1.82) is 0 Å². The maximum atomic E-state index is 14.1. The van der Waals surface area contributed by atoms with Crippen molar-refractivity contribution in [3.05, 3.63) is 89.7 Å². The van der Waals surface area contributed by atoms with Gasteiger partial charge >= 0.3 is 5.97 Å². The van der Waals surface area contributed by atoms with Crippen molar-refractivity contribution in [3.8, 4) is 34.0 Å². The number of carbonyl (C=O) groups is 1. The number of carboxylic acids is 1. The zero-order valence-electron chi connectivity index (χ0n) is 18.0. The van der Waals surface area contributed by atoms with Crippen LogP contribution in [0, 0.1) is 17.5 Å². The lowest BCUT2D eigenvalue weighted by Crippen LogP contribution is -2.10. The predicted molar refractivity (Wildman–Crippen MR) is 118 cm³/mol. The number of carboxylic acid groups (broad SMARTS) is 1. The summed E-state index contributed by atoms with van der Waals surface area (Å²) in [5.41, 5.74) is 2.02. The van der Waals surface area contributed by atoms with Crippen LogP contribution < -0.4 is 9.47 Å². The molecule has 1 aromatic heterocycles. The molecule has 0 fully saturated rings. The van der Waals surface area contributed by atoms with Gasteiger partial charge in [0.25, 0.3) is 0 Å². The number of methoxy groups -OCH3 is 1. The zero-order chi connectivity index (χ0) is 24.2. The lowest BCUT2D eigenvalue weighted by Gasteiger charge is -2.11. The molecule has 0 aliphatic rings. The minimum atomic E-state index is -1.28. The largest absolute Gasteiger partial charge is 0.496 e. The van der Waals surface area contributed by atoms with E-state index in [4.69, 9.17) is 14.6 Å². The maximum Gasteiger partial charge on any atom is 0.341 e. The summed E-state index contributed by atoms with van der Waals surface area (Å²) in [5.74, 6) is -3.65. The minimum Gasteiger partial charge on any atom is -0.496 e. The first kappa shape index (κ1) is 22.9. The highest BCUT2D eigenvalue weighted by Gasteiger charge is 2.20. The van der Waals surface area contributed by atoms with Gasteiger partial charge in [0, 0.05) is 22.8 Å². The molecule has 0 spiro atoms. The van der Waals surface area contributed by atoms with Gasteiger partial charge in [0.15, 0.2) is 18.2 Å². The second-order valence-corrected chi connectivity index (χ2v) is 7.34. The van der Waals surface area contributed by atoms with Crippen LogP contribution in [-0.4, -0.2) is 34.6 Å². The van der Waals surface area contributed by atoms with Crippen molar-refractivity contribution in [2.75, 3.05) is 13.7 Å². The predicted octanol–water partition coefficient (Wildman–Crippen LogP) is 5.15. The summed E-state index contributed by atoms with van der Waals surface area (Å²) < 4.78 is 54.2. The topological polar surface area (TPSA) is 73.6 Å². The van der Waals surface area contributed by atoms with E-state index in [-0.39, 0.29) is 23.6 Å². The van der Waals surface area contributed by atoms with Crippen molar-refractivity contribution in [2.45, 2.75) is 6.54 Å². The molecule has 9 heteroatoms. The summed E-state index contributed by atoms with van der Waals surface area (Å²) >= 11 is 0. The fourth-order valence-corrected chi connectivity index (χ4v) is 3.53. The van der Waals surface area contributed by atoms with Gasteiger partial charge in [0.2, 0.25) is 0 Å². The monoisotopic (exact) mass is 468 g/mol. The third-order valence-corrected chi connectivity index (χ3v) is 5.06. The number of rotatable bonds is 8. The Labute approximate surface area is 192 Å². The summed E-state index contributed by atoms with van der Waals surface area (Å²) in [4.78, 5) is 11.0. The van der Waals surface area contributed by atoms with E-state index in [1.165, 1.54) is 19.2 Å². The maximum absolute atomic E-state index is 14.1. The Kier molecular flexibility index (Phi) is 6.53. The Morgan fingerprint density at radius 1 is 0.971 bits per heavy atom. The quantitative estimate of drug-likeness (QED) is 0.387. The van der Waals surface area contributed by atoms with E-state index in [9.17, 15) is 18.0 Å². The lowest BCUT2D eigenvalue weighted by molar-refractivity contribution is -0.139. The number of halogens is 3. The Hall–Kier alpha value is -4.27. The van der Waals surface area contributed by atoms with Crippen LogP contribution >= 0.6 is 0 Å². The lowest BCUT2D eigenvalue weighted by atomic mass is 10.1. The molecule has 0 saturated carbocycles. The van der Waals surface area contributed by atoms with E-state index in [2.05, 4.69) is 5.10 Å². The van der Waals surface area contributed by atoms with E-state index in [1.807, 2.05) is 18.2 Å². The van der Waals surface area contributed by atoms with Crippen molar-refractivity contribution < 1.29 is 32.5 Å². The van der Waals surface area contributed by atoms with Gasteiger partial charge in [-0.3, -0.25) is 4.68 Å². The highest BCUT2D eigenvalue weighted by Crippen LogP contribution is 2.35. The second kappa shape index (κ2) is 9.70. The average Bonchev–Trinajstić information content (AvgIpc) is 3.23. The highest BCUT2D eigenvalue weighted by molar-refractivity contribution is 5.74. The summed E-state index contributed by atoms with van der Waals surface area (Å²) in [7, 11) is 1.54. The SMILES string of the molecule is COc1ccccc1Cn1nc(-c2cc(F)c(F)cc2OCC(=O)O)cc1-c1cccc(F)c1. The standard InChI is InChI=1S/C25H19F3N2O4/c1-33-23-8-3-2-5-16(23)13-30-22(15-6-4-7-17(26)9-15)12-21(29-30)18-10-19(27)20(28)11-24(18)34-14-25(31)32/h2-12H,13-14H2,1H3,(H,31,32). The fourth-order valence-electron chi connectivity index (χ4n) is 3.53. The molecule has 0 radical (unpaired) electrons. The third kappa shape index (κ3) is 4.88. The summed E-state index contributed by atoms with van der Waals surface area (Å²) in [5, 5.41) is 13.5. The van der Waals surface area contributed by atoms with Crippen LogP contribution in [0.15, 0.2) is 66.7 Å². The zero-order valence-corrected chi connectivity index (χ0v) is 18.0. The van der Waals surface area contributed by atoms with Crippen LogP contribution in [0.5, 0.6) is 11.5 Å². The number of ether oxygens (including phenoxy) is 2. The van der Waals surface area contributed by atoms with E-state index < -0.39 is 30.0 Å². The fraction of sp³-hybridized carbons (Fsp3) is 0.120. The Morgan fingerprint density at radius 3 is 2.47 bits per heavy atom. The van der Waals surface area contributed by atoms with Gasteiger partial charge in [-0.05, 0) is 30.3 Å². The highest BCUT2D eigenvalue weighted by atomic mass is 19.2. The normalized spacial score (nSPS) is 10.8. The molecule has 174 valence electrons. The van der Waals surface area contributed by atoms with Crippen molar-refractivity contribution in [3.63, 3.8) is 0 Å². The Morgan fingerprint density at radius 2 is 1.74 bits per heavy atom. The number of aliphatic carboxylic acids is 1. The summed E-state index contributed by atoms with van der Waals surface area (Å²) in [6.45, 7) is -0.526. The molecule has 4 aromatic rings. The van der Waals surface area contributed by atoms with Crippen LogP contribution in [0.1, 0.15) is 5.56 Å². The molecule has 0 saturated heterocycles. The molecule has 0 amide bonds. The number of hydrogen-bond donors (Lipinski definition) is 1. The van der Waals surface area contributed by atoms with Crippen LogP contribution in [0.2, 0.25) is 0 Å².